The number of nitrogens with one attached hydrogen (secondary N) is 3. The summed E-state index contributed by atoms with van der Waals surface area (Å²) in [7, 11) is 2.86. The minimum Gasteiger partial charge on any atom is -0.493 e. The van der Waals surface area contributed by atoms with Crippen molar-refractivity contribution in [3.8, 4) is 17.6 Å². The highest BCUT2D eigenvalue weighted by atomic mass is 32.1. The fourth-order valence-corrected chi connectivity index (χ4v) is 3.05. The summed E-state index contributed by atoms with van der Waals surface area (Å²) in [5.41, 5.74) is 0.306. The highest BCUT2D eigenvalue weighted by Gasteiger charge is 2.22. The molecule has 0 fully saturated rings. The molecule has 33 heavy (non-hydrogen) atoms. The van der Waals surface area contributed by atoms with Crippen molar-refractivity contribution in [3.05, 3.63) is 53.3 Å². The Morgan fingerprint density at radius 3 is 2.42 bits per heavy atom. The number of nitrogens with zero attached hydrogens (tertiary/aromatic N) is 1. The van der Waals surface area contributed by atoms with E-state index in [0.717, 1.165) is 0 Å². The smallest absolute Gasteiger partial charge is 0.409 e. The van der Waals surface area contributed by atoms with Gasteiger partial charge in [-0.3, -0.25) is 5.32 Å². The Kier molecular flexibility index (Phi) is 8.96. The van der Waals surface area contributed by atoms with Crippen LogP contribution in [0.25, 0.3) is 0 Å². The number of methoxy groups -OCH3 is 2. The van der Waals surface area contributed by atoms with Crippen molar-refractivity contribution >= 4 is 29.0 Å². The first-order chi connectivity index (χ1) is 15.6. The number of carbonyl (C=O) groups is 1. The van der Waals surface area contributed by atoms with Crippen molar-refractivity contribution in [3.63, 3.8) is 0 Å². The zero-order valence-corrected chi connectivity index (χ0v) is 19.9. The molecule has 3 N–H and O–H groups in total. The van der Waals surface area contributed by atoms with E-state index in [4.69, 9.17) is 26.4 Å². The van der Waals surface area contributed by atoms with E-state index in [9.17, 15) is 14.4 Å². The maximum atomic E-state index is 14.4. The molecule has 0 aliphatic carbocycles. The lowest BCUT2D eigenvalue weighted by Gasteiger charge is -2.25. The van der Waals surface area contributed by atoms with Crippen LogP contribution >= 0.6 is 12.2 Å². The molecule has 2 aromatic rings. The van der Waals surface area contributed by atoms with E-state index in [0.29, 0.717) is 16.9 Å². The van der Waals surface area contributed by atoms with Crippen molar-refractivity contribution in [2.45, 2.75) is 32.5 Å². The van der Waals surface area contributed by atoms with Gasteiger partial charge in [0.2, 0.25) is 0 Å². The zero-order valence-electron chi connectivity index (χ0n) is 19.1. The predicted molar refractivity (Wildman–Crippen MR) is 127 cm³/mol. The van der Waals surface area contributed by atoms with Crippen LogP contribution in [0.1, 0.15) is 38.1 Å². The SMILES string of the molecule is COc1cc(F)c(NC(=S)CNC(NC(=O)OC(C)(C)C)c2ccccc2C#N)cc1OC. The third-order valence-corrected chi connectivity index (χ3v) is 4.51. The minimum atomic E-state index is -0.786. The quantitative estimate of drug-likeness (QED) is 0.385. The second-order valence-electron chi connectivity index (χ2n) is 7.89. The average Bonchev–Trinajstić information content (AvgIpc) is 2.76. The molecule has 1 amide bonds. The van der Waals surface area contributed by atoms with Crippen molar-refractivity contribution in [1.82, 2.24) is 10.6 Å². The second kappa shape index (κ2) is 11.4. The van der Waals surface area contributed by atoms with Crippen LogP contribution in [0.5, 0.6) is 11.5 Å². The van der Waals surface area contributed by atoms with Gasteiger partial charge in [-0.05, 0) is 26.8 Å². The number of carbonyl (C=O) groups excluding carboxylic acids is 1. The summed E-state index contributed by atoms with van der Waals surface area (Å²) < 4.78 is 30.0. The van der Waals surface area contributed by atoms with Crippen molar-refractivity contribution in [2.75, 3.05) is 26.1 Å². The molecule has 0 saturated carbocycles. The van der Waals surface area contributed by atoms with Crippen molar-refractivity contribution < 1.29 is 23.4 Å². The molecule has 0 aromatic heterocycles. The van der Waals surface area contributed by atoms with Gasteiger partial charge in [0.15, 0.2) is 17.3 Å². The third kappa shape index (κ3) is 7.59. The molecule has 0 bridgehead atoms. The molecule has 2 rings (SSSR count). The molecule has 1 atom stereocenters. The maximum absolute atomic E-state index is 14.4. The minimum absolute atomic E-state index is 0.0589. The highest BCUT2D eigenvalue weighted by molar-refractivity contribution is 7.80. The molecule has 1 unspecified atom stereocenters. The molecule has 8 nitrogen and oxygen atoms in total. The molecule has 176 valence electrons. The van der Waals surface area contributed by atoms with E-state index in [-0.39, 0.29) is 23.0 Å². The predicted octanol–water partition coefficient (Wildman–Crippen LogP) is 4.27. The van der Waals surface area contributed by atoms with Gasteiger partial charge in [-0.15, -0.1) is 0 Å². The van der Waals surface area contributed by atoms with Crippen LogP contribution in [0.3, 0.4) is 0 Å². The lowest BCUT2D eigenvalue weighted by atomic mass is 10.1. The van der Waals surface area contributed by atoms with E-state index in [2.05, 4.69) is 22.0 Å². The number of ether oxygens (including phenoxy) is 3. The summed E-state index contributed by atoms with van der Waals surface area (Å²) in [5, 5.41) is 18.1. The topological polar surface area (TPSA) is 105 Å². The van der Waals surface area contributed by atoms with Gasteiger partial charge in [-0.1, -0.05) is 30.4 Å². The number of hydrogen-bond acceptors (Lipinski definition) is 7. The van der Waals surface area contributed by atoms with Crippen LogP contribution in [0.4, 0.5) is 14.9 Å². The number of hydrogen-bond donors (Lipinski definition) is 3. The summed E-state index contributed by atoms with van der Waals surface area (Å²) in [4.78, 5) is 12.6. The molecule has 0 aliphatic heterocycles. The van der Waals surface area contributed by atoms with Crippen LogP contribution in [-0.2, 0) is 4.74 Å². The van der Waals surface area contributed by atoms with Gasteiger partial charge in [0, 0.05) is 24.2 Å². The number of thiocarbonyl (C=S) groups is 1. The number of nitriles is 1. The van der Waals surface area contributed by atoms with Crippen LogP contribution in [0, 0.1) is 17.1 Å². The number of anilines is 1. The Morgan fingerprint density at radius 2 is 1.82 bits per heavy atom. The van der Waals surface area contributed by atoms with Gasteiger partial charge < -0.3 is 24.8 Å². The fraction of sp³-hybridized carbons (Fsp3) is 0.348. The van der Waals surface area contributed by atoms with Gasteiger partial charge in [0.1, 0.15) is 11.8 Å². The van der Waals surface area contributed by atoms with Crippen LogP contribution in [0.15, 0.2) is 36.4 Å². The molecular formula is C23H27FN4O4S. The largest absolute Gasteiger partial charge is 0.493 e. The lowest BCUT2D eigenvalue weighted by Crippen LogP contribution is -2.43. The summed E-state index contributed by atoms with van der Waals surface area (Å²) >= 11 is 5.35. The normalized spacial score (nSPS) is 11.7. The number of rotatable bonds is 8. The molecule has 0 radical (unpaired) electrons. The van der Waals surface area contributed by atoms with Gasteiger partial charge in [-0.25, -0.2) is 9.18 Å². The fourth-order valence-electron chi connectivity index (χ4n) is 2.85. The molecule has 0 spiro atoms. The Hall–Kier alpha value is -3.42. The molecule has 0 heterocycles. The number of amides is 1. The molecule has 2 aromatic carbocycles. The number of benzene rings is 2. The monoisotopic (exact) mass is 474 g/mol. The maximum Gasteiger partial charge on any atom is 0.409 e. The second-order valence-corrected chi connectivity index (χ2v) is 8.39. The van der Waals surface area contributed by atoms with Gasteiger partial charge in [0.25, 0.3) is 0 Å². The third-order valence-electron chi connectivity index (χ3n) is 4.27. The van der Waals surface area contributed by atoms with E-state index >= 15 is 0 Å². The summed E-state index contributed by atoms with van der Waals surface area (Å²) in [5.74, 6) is 0.0113. The first kappa shape index (κ1) is 25.8. The number of halogens is 1. The Bertz CT molecular complexity index is 1050. The molecule has 0 saturated heterocycles. The molecule has 0 aliphatic rings. The van der Waals surface area contributed by atoms with E-state index < -0.39 is 23.7 Å². The van der Waals surface area contributed by atoms with Gasteiger partial charge in [-0.2, -0.15) is 5.26 Å². The van der Waals surface area contributed by atoms with E-state index in [1.165, 1.54) is 26.4 Å². The Labute approximate surface area is 198 Å². The van der Waals surface area contributed by atoms with E-state index in [1.807, 2.05) is 0 Å². The standard InChI is InChI=1S/C23H27FN4O4S/c1-23(2,3)32-22(29)28-21(15-9-7-6-8-14(15)12-25)26-13-20(33)27-17-11-19(31-5)18(30-4)10-16(17)24/h6-11,21,26H,13H2,1-5H3,(H,27,33)(H,28,29). The van der Waals surface area contributed by atoms with Crippen LogP contribution < -0.4 is 25.4 Å². The lowest BCUT2D eigenvalue weighted by molar-refractivity contribution is 0.0495. The first-order valence-electron chi connectivity index (χ1n) is 10.0. The highest BCUT2D eigenvalue weighted by Crippen LogP contribution is 2.32. The van der Waals surface area contributed by atoms with Gasteiger partial charge in [0.05, 0.1) is 36.5 Å². The Morgan fingerprint density at radius 1 is 1.18 bits per heavy atom. The zero-order chi connectivity index (χ0) is 24.6. The first-order valence-corrected chi connectivity index (χ1v) is 10.4. The number of alkyl carbamates (subject to hydrolysis) is 1. The summed E-state index contributed by atoms with van der Waals surface area (Å²) in [6.45, 7) is 5.29. The van der Waals surface area contributed by atoms with E-state index in [1.54, 1.807) is 45.0 Å². The average molecular weight is 475 g/mol. The van der Waals surface area contributed by atoms with Crippen LogP contribution in [0.2, 0.25) is 0 Å². The molecule has 10 heteroatoms. The summed E-state index contributed by atoms with van der Waals surface area (Å²) in [6.07, 6.45) is -1.46. The van der Waals surface area contributed by atoms with Crippen molar-refractivity contribution in [1.29, 1.82) is 5.26 Å². The Balaban J connectivity index is 2.17. The summed E-state index contributed by atoms with van der Waals surface area (Å²) in [6, 6.07) is 11.5. The van der Waals surface area contributed by atoms with Crippen LogP contribution in [-0.4, -0.2) is 37.4 Å². The molecular weight excluding hydrogens is 447 g/mol. The van der Waals surface area contributed by atoms with Crippen molar-refractivity contribution in [2.24, 2.45) is 0 Å². The van der Waals surface area contributed by atoms with Gasteiger partial charge >= 0.3 is 6.09 Å².